The van der Waals surface area contributed by atoms with Gasteiger partial charge in [0, 0.05) is 13.5 Å². The van der Waals surface area contributed by atoms with E-state index in [2.05, 4.69) is 6.92 Å². The number of sulfonamides is 1. The van der Waals surface area contributed by atoms with Crippen LogP contribution >= 0.6 is 0 Å². The molecule has 0 aliphatic rings. The predicted octanol–water partition coefficient (Wildman–Crippen LogP) is 3.11. The molecule has 0 heterocycles. The van der Waals surface area contributed by atoms with Crippen LogP contribution in [0.1, 0.15) is 44.6 Å². The second-order valence-electron chi connectivity index (χ2n) is 4.99. The molecule has 0 unspecified atom stereocenters. The summed E-state index contributed by atoms with van der Waals surface area (Å²) in [6.07, 6.45) is 4.14. The lowest BCUT2D eigenvalue weighted by molar-refractivity contribution is -0.125. The molecule has 1 amide bonds. The van der Waals surface area contributed by atoms with Crippen molar-refractivity contribution in [3.8, 4) is 0 Å². The van der Waals surface area contributed by atoms with Crippen molar-refractivity contribution >= 4 is 15.9 Å². The molecule has 20 heavy (non-hydrogen) atoms. The molecule has 1 aromatic rings. The molecule has 0 saturated carbocycles. The summed E-state index contributed by atoms with van der Waals surface area (Å²) in [5.74, 6) is -0.346. The predicted molar refractivity (Wildman–Crippen MR) is 79.9 cm³/mol. The number of carbonyl (C=O) groups excluding carboxylic acids is 1. The fourth-order valence-corrected chi connectivity index (χ4v) is 3.02. The zero-order chi connectivity index (χ0) is 15.2. The number of unbranched alkanes of at least 4 members (excludes halogenated alkanes) is 3. The van der Waals surface area contributed by atoms with E-state index in [0.717, 1.165) is 35.6 Å². The Balaban J connectivity index is 2.71. The maximum atomic E-state index is 12.3. The van der Waals surface area contributed by atoms with Gasteiger partial charge in [-0.2, -0.15) is 0 Å². The molecule has 0 aliphatic carbocycles. The topological polar surface area (TPSA) is 54.5 Å². The maximum Gasteiger partial charge on any atom is 0.266 e. The zero-order valence-electron chi connectivity index (χ0n) is 12.4. The van der Waals surface area contributed by atoms with Gasteiger partial charge in [0.15, 0.2) is 0 Å². The Kier molecular flexibility index (Phi) is 6.20. The van der Waals surface area contributed by atoms with E-state index in [9.17, 15) is 13.2 Å². The lowest BCUT2D eigenvalue weighted by Crippen LogP contribution is -2.33. The average molecular weight is 297 g/mol. The second kappa shape index (κ2) is 7.43. The quantitative estimate of drug-likeness (QED) is 0.727. The van der Waals surface area contributed by atoms with E-state index < -0.39 is 10.0 Å². The molecule has 5 heteroatoms. The van der Waals surface area contributed by atoms with Crippen molar-refractivity contribution in [2.24, 2.45) is 0 Å². The van der Waals surface area contributed by atoms with Gasteiger partial charge in [-0.25, -0.2) is 12.7 Å². The molecule has 0 saturated heterocycles. The van der Waals surface area contributed by atoms with Crippen LogP contribution in [0.5, 0.6) is 0 Å². The second-order valence-corrected chi connectivity index (χ2v) is 6.96. The number of hydrogen-bond donors (Lipinski definition) is 0. The van der Waals surface area contributed by atoms with E-state index in [-0.39, 0.29) is 17.2 Å². The highest BCUT2D eigenvalue weighted by Crippen LogP contribution is 2.16. The molecule has 0 aliphatic heterocycles. The third-order valence-corrected chi connectivity index (χ3v) is 5.07. The minimum atomic E-state index is -3.71. The highest BCUT2D eigenvalue weighted by molar-refractivity contribution is 7.89. The van der Waals surface area contributed by atoms with Crippen molar-refractivity contribution in [2.75, 3.05) is 7.05 Å². The van der Waals surface area contributed by atoms with Crippen molar-refractivity contribution in [1.29, 1.82) is 0 Å². The molecule has 0 spiro atoms. The first-order valence-corrected chi connectivity index (χ1v) is 8.42. The largest absolute Gasteiger partial charge is 0.274 e. The highest BCUT2D eigenvalue weighted by Gasteiger charge is 2.24. The summed E-state index contributed by atoms with van der Waals surface area (Å²) in [6.45, 7) is 3.98. The summed E-state index contributed by atoms with van der Waals surface area (Å²) >= 11 is 0. The highest BCUT2D eigenvalue weighted by atomic mass is 32.2. The lowest BCUT2D eigenvalue weighted by atomic mass is 10.1. The molecule has 0 N–H and O–H groups in total. The summed E-state index contributed by atoms with van der Waals surface area (Å²) in [6, 6.07) is 6.52. The van der Waals surface area contributed by atoms with Gasteiger partial charge < -0.3 is 0 Å². The Hall–Kier alpha value is -1.36. The third-order valence-electron chi connectivity index (χ3n) is 3.27. The number of carbonyl (C=O) groups is 1. The summed E-state index contributed by atoms with van der Waals surface area (Å²) in [5.41, 5.74) is 0.984. The normalized spacial score (nSPS) is 11.3. The van der Waals surface area contributed by atoms with Crippen LogP contribution in [0, 0.1) is 6.92 Å². The van der Waals surface area contributed by atoms with Crippen LogP contribution in [0.2, 0.25) is 0 Å². The first-order valence-electron chi connectivity index (χ1n) is 6.98. The van der Waals surface area contributed by atoms with Crippen LogP contribution in [-0.4, -0.2) is 25.7 Å². The molecular formula is C15H23NO3S. The summed E-state index contributed by atoms with van der Waals surface area (Å²) < 4.78 is 25.4. The molecule has 4 nitrogen and oxygen atoms in total. The van der Waals surface area contributed by atoms with Crippen LogP contribution in [0.15, 0.2) is 29.2 Å². The fourth-order valence-electron chi connectivity index (χ4n) is 1.86. The molecule has 0 aromatic heterocycles. The Morgan fingerprint density at radius 2 is 1.70 bits per heavy atom. The first kappa shape index (κ1) is 16.7. The first-order chi connectivity index (χ1) is 9.39. The molecule has 1 aromatic carbocycles. The van der Waals surface area contributed by atoms with Crippen LogP contribution < -0.4 is 0 Å². The summed E-state index contributed by atoms with van der Waals surface area (Å²) in [7, 11) is -2.38. The monoisotopic (exact) mass is 297 g/mol. The Morgan fingerprint density at radius 3 is 2.25 bits per heavy atom. The van der Waals surface area contributed by atoms with E-state index in [4.69, 9.17) is 0 Å². The van der Waals surface area contributed by atoms with Crippen molar-refractivity contribution in [1.82, 2.24) is 4.31 Å². The number of aryl methyl sites for hydroxylation is 1. The van der Waals surface area contributed by atoms with E-state index in [1.807, 2.05) is 6.92 Å². The van der Waals surface area contributed by atoms with E-state index in [1.165, 1.54) is 19.2 Å². The minimum absolute atomic E-state index is 0.160. The van der Waals surface area contributed by atoms with Gasteiger partial charge in [0.05, 0.1) is 4.90 Å². The van der Waals surface area contributed by atoms with Crippen molar-refractivity contribution < 1.29 is 13.2 Å². The van der Waals surface area contributed by atoms with Gasteiger partial charge in [-0.05, 0) is 25.5 Å². The Labute approximate surface area is 121 Å². The van der Waals surface area contributed by atoms with Crippen LogP contribution in [0.4, 0.5) is 0 Å². The van der Waals surface area contributed by atoms with Gasteiger partial charge in [-0.1, -0.05) is 43.9 Å². The van der Waals surface area contributed by atoms with Crippen molar-refractivity contribution in [3.63, 3.8) is 0 Å². The van der Waals surface area contributed by atoms with Gasteiger partial charge in [0.25, 0.3) is 10.0 Å². The standard InChI is InChI=1S/C15H23NO3S/c1-4-5-6-7-8-15(17)16(3)20(18,19)14-11-9-13(2)10-12-14/h9-12H,4-8H2,1-3H3. The number of rotatable bonds is 7. The molecule has 0 bridgehead atoms. The Morgan fingerprint density at radius 1 is 1.10 bits per heavy atom. The fraction of sp³-hybridized carbons (Fsp3) is 0.533. The van der Waals surface area contributed by atoms with E-state index >= 15 is 0 Å². The molecule has 1 rings (SSSR count). The number of benzene rings is 1. The molecule has 0 radical (unpaired) electrons. The molecule has 112 valence electrons. The van der Waals surface area contributed by atoms with Gasteiger partial charge in [-0.15, -0.1) is 0 Å². The molecule has 0 fully saturated rings. The SMILES string of the molecule is CCCCCCC(=O)N(C)S(=O)(=O)c1ccc(C)cc1. The summed E-state index contributed by atoms with van der Waals surface area (Å²) in [5, 5.41) is 0. The third kappa shape index (κ3) is 4.34. The minimum Gasteiger partial charge on any atom is -0.274 e. The number of amides is 1. The molecular weight excluding hydrogens is 274 g/mol. The van der Waals surface area contributed by atoms with Crippen LogP contribution in [0.3, 0.4) is 0 Å². The van der Waals surface area contributed by atoms with Gasteiger partial charge in [0.2, 0.25) is 5.91 Å². The van der Waals surface area contributed by atoms with E-state index in [0.29, 0.717) is 0 Å². The average Bonchev–Trinajstić information content (AvgIpc) is 2.43. The number of hydrogen-bond acceptors (Lipinski definition) is 3. The van der Waals surface area contributed by atoms with Crippen LogP contribution in [0.25, 0.3) is 0 Å². The molecule has 0 atom stereocenters. The van der Waals surface area contributed by atoms with Gasteiger partial charge in [-0.3, -0.25) is 4.79 Å². The lowest BCUT2D eigenvalue weighted by Gasteiger charge is -2.17. The van der Waals surface area contributed by atoms with E-state index in [1.54, 1.807) is 12.1 Å². The maximum absolute atomic E-state index is 12.3. The Bertz CT molecular complexity index is 535. The smallest absolute Gasteiger partial charge is 0.266 e. The summed E-state index contributed by atoms with van der Waals surface area (Å²) in [4.78, 5) is 12.1. The zero-order valence-corrected chi connectivity index (χ0v) is 13.2. The number of nitrogens with zero attached hydrogens (tertiary/aromatic N) is 1. The van der Waals surface area contributed by atoms with Crippen molar-refractivity contribution in [3.05, 3.63) is 29.8 Å². The van der Waals surface area contributed by atoms with Gasteiger partial charge >= 0.3 is 0 Å². The van der Waals surface area contributed by atoms with Crippen LogP contribution in [-0.2, 0) is 14.8 Å². The van der Waals surface area contributed by atoms with Crippen molar-refractivity contribution in [2.45, 2.75) is 50.8 Å². The van der Waals surface area contributed by atoms with Gasteiger partial charge in [0.1, 0.15) is 0 Å².